The van der Waals surface area contributed by atoms with E-state index in [1.165, 1.54) is 0 Å². The van der Waals surface area contributed by atoms with Crippen LogP contribution in [0.5, 0.6) is 0 Å². The van der Waals surface area contributed by atoms with Crippen molar-refractivity contribution in [2.45, 2.75) is 0 Å². The standard InChI is InChI=1S/C8H5N/c1-7-2-4-8(6-9)5-3-7/h1-5H. The van der Waals surface area contributed by atoms with Crippen molar-refractivity contribution in [2.24, 2.45) is 0 Å². The van der Waals surface area contributed by atoms with E-state index in [0.29, 0.717) is 10.4 Å². The molecule has 0 aromatic heterocycles. The Hall–Kier alpha value is -1.42. The lowest BCUT2D eigenvalue weighted by molar-refractivity contribution is 1.58. The van der Waals surface area contributed by atoms with Gasteiger partial charge in [-0.25, -0.2) is 0 Å². The predicted octanol–water partition coefficient (Wildman–Crippen LogP) is -0.115. The molecule has 42 valence electrons. The minimum Gasteiger partial charge on any atom is -0.763 e. The number of rotatable bonds is 0. The minimum absolute atomic E-state index is 0.643. The number of hydrogen-bond acceptors (Lipinski definition) is 0. The molecule has 1 nitrogen and oxygen atoms in total. The largest absolute Gasteiger partial charge is 0.763 e. The molecule has 1 rings (SSSR count). The van der Waals surface area contributed by atoms with Crippen LogP contribution in [0.3, 0.4) is 0 Å². The first kappa shape index (κ1) is 5.71. The molecule has 0 fully saturated rings. The lowest BCUT2D eigenvalue weighted by Crippen LogP contribution is -2.05. The molecule has 0 spiro atoms. The summed E-state index contributed by atoms with van der Waals surface area (Å²) in [6.45, 7) is 5.37. The van der Waals surface area contributed by atoms with Crippen LogP contribution >= 0.6 is 0 Å². The Morgan fingerprint density at radius 2 is 1.78 bits per heavy atom. The van der Waals surface area contributed by atoms with E-state index in [-0.39, 0.29) is 0 Å². The van der Waals surface area contributed by atoms with Crippen molar-refractivity contribution in [3.8, 4) is 0 Å². The zero-order valence-corrected chi connectivity index (χ0v) is 4.83. The van der Waals surface area contributed by atoms with Crippen LogP contribution in [0.4, 0.5) is 0 Å². The Bertz CT molecular complexity index is 297. The maximum absolute atomic E-state index is 8.34. The molecule has 0 saturated carbocycles. The number of benzene rings is 1. The molecule has 1 aromatic rings. The van der Waals surface area contributed by atoms with E-state index in [0.717, 1.165) is 0 Å². The summed E-state index contributed by atoms with van der Waals surface area (Å²) in [7, 11) is 0. The first-order chi connectivity index (χ1) is 4.33. The van der Waals surface area contributed by atoms with Gasteiger partial charge >= 0.3 is 0 Å². The van der Waals surface area contributed by atoms with E-state index < -0.39 is 0 Å². The molecule has 0 aliphatic rings. The lowest BCUT2D eigenvalue weighted by atomic mass is 10.3. The maximum atomic E-state index is 8.34. The molecule has 0 saturated heterocycles. The molecule has 0 unspecified atom stereocenters. The van der Waals surface area contributed by atoms with Gasteiger partial charge in [-0.2, -0.15) is 0 Å². The van der Waals surface area contributed by atoms with Gasteiger partial charge in [0.15, 0.2) is 5.22 Å². The molecule has 1 aromatic carbocycles. The highest BCUT2D eigenvalue weighted by Crippen LogP contribution is 1.62. The number of nitrogens with zero attached hydrogens (tertiary/aromatic N) is 1. The normalized spacial score (nSPS) is 8.33. The van der Waals surface area contributed by atoms with Gasteiger partial charge < -0.3 is 5.41 Å². The molecule has 0 amide bonds. The zero-order chi connectivity index (χ0) is 6.69. The van der Waals surface area contributed by atoms with Gasteiger partial charge in [0.05, 0.1) is 12.1 Å². The van der Waals surface area contributed by atoms with Gasteiger partial charge in [0.2, 0.25) is 0 Å². The molecule has 0 radical (unpaired) electrons. The predicted molar refractivity (Wildman–Crippen MR) is 37.6 cm³/mol. The second kappa shape index (κ2) is 2.23. The fraction of sp³-hybridized carbons (Fsp3) is 0. The van der Waals surface area contributed by atoms with Crippen molar-refractivity contribution >= 4 is 12.4 Å². The van der Waals surface area contributed by atoms with Crippen molar-refractivity contribution in [3.63, 3.8) is 0 Å². The summed E-state index contributed by atoms with van der Waals surface area (Å²) < 4.78 is 0. The highest BCUT2D eigenvalue weighted by molar-refractivity contribution is 5.54. The Labute approximate surface area is 53.5 Å². The first-order valence-electron chi connectivity index (χ1n) is 2.58. The molecule has 0 aliphatic heterocycles. The molecule has 1 heteroatoms. The van der Waals surface area contributed by atoms with Crippen LogP contribution < -0.4 is 10.4 Å². The minimum atomic E-state index is 0.643. The molecule has 0 N–H and O–H groups in total. The topological polar surface area (TPSA) is 22.3 Å². The van der Waals surface area contributed by atoms with Gasteiger partial charge in [0, 0.05) is 23.9 Å². The summed E-state index contributed by atoms with van der Waals surface area (Å²) >= 11 is 0. The summed E-state index contributed by atoms with van der Waals surface area (Å²) in [5, 5.41) is 9.67. The summed E-state index contributed by atoms with van der Waals surface area (Å²) in [5.41, 5.74) is 0. The Morgan fingerprint density at radius 3 is 2.22 bits per heavy atom. The van der Waals surface area contributed by atoms with Gasteiger partial charge in [0.25, 0.3) is 0 Å². The molecular weight excluding hydrogens is 110 g/mol. The smallest absolute Gasteiger partial charge is 0.180 e. The second-order valence-electron chi connectivity index (χ2n) is 1.73. The van der Waals surface area contributed by atoms with Crippen molar-refractivity contribution in [1.29, 1.82) is 0 Å². The molecule has 0 heterocycles. The van der Waals surface area contributed by atoms with Crippen molar-refractivity contribution in [2.75, 3.05) is 0 Å². The van der Waals surface area contributed by atoms with E-state index in [9.17, 15) is 0 Å². The van der Waals surface area contributed by atoms with Crippen molar-refractivity contribution < 1.29 is 0 Å². The Morgan fingerprint density at radius 1 is 1.22 bits per heavy atom. The molecule has 0 atom stereocenters. The Kier molecular flexibility index (Phi) is 1.42. The van der Waals surface area contributed by atoms with Crippen LogP contribution in [-0.4, -0.2) is 5.87 Å². The van der Waals surface area contributed by atoms with Crippen LogP contribution in [0, 0.1) is 0 Å². The molecule has 0 aliphatic carbocycles. The zero-order valence-electron chi connectivity index (χ0n) is 4.83. The van der Waals surface area contributed by atoms with E-state index in [2.05, 4.69) is 0 Å². The quantitative estimate of drug-likeness (QED) is 0.332. The van der Waals surface area contributed by atoms with E-state index >= 15 is 0 Å². The summed E-state index contributed by atoms with van der Waals surface area (Å²) in [4.78, 5) is 0. The van der Waals surface area contributed by atoms with Crippen LogP contribution in [-0.2, 0) is 0 Å². The monoisotopic (exact) mass is 115 g/mol. The highest BCUT2D eigenvalue weighted by atomic mass is 14.3. The molecule has 9 heavy (non-hydrogen) atoms. The van der Waals surface area contributed by atoms with Crippen molar-refractivity contribution in [3.05, 3.63) is 40.1 Å². The van der Waals surface area contributed by atoms with Gasteiger partial charge in [-0.3, -0.25) is 5.87 Å². The summed E-state index contributed by atoms with van der Waals surface area (Å²) in [5.74, 6) is 2.00. The third-order valence-corrected chi connectivity index (χ3v) is 1.04. The lowest BCUT2D eigenvalue weighted by Gasteiger charge is -1.74. The van der Waals surface area contributed by atoms with Crippen LogP contribution in [0.2, 0.25) is 0 Å². The summed E-state index contributed by atoms with van der Waals surface area (Å²) in [6.07, 6.45) is 0. The first-order valence-corrected chi connectivity index (χ1v) is 2.58. The fourth-order valence-corrected chi connectivity index (χ4v) is 0.558. The van der Waals surface area contributed by atoms with Gasteiger partial charge in [0.1, 0.15) is 0 Å². The number of hydrogen-bond donors (Lipinski definition) is 0. The fourth-order valence-electron chi connectivity index (χ4n) is 0.558. The van der Waals surface area contributed by atoms with E-state index in [1.54, 1.807) is 24.3 Å². The average Bonchev–Trinajstić information content (AvgIpc) is 1.90. The van der Waals surface area contributed by atoms with Gasteiger partial charge in [-0.15, -0.1) is 0 Å². The third kappa shape index (κ3) is 1.23. The average molecular weight is 115 g/mol. The van der Waals surface area contributed by atoms with Crippen LogP contribution in [0.1, 0.15) is 0 Å². The third-order valence-electron chi connectivity index (χ3n) is 1.04. The van der Waals surface area contributed by atoms with Gasteiger partial charge in [-0.1, -0.05) is 0 Å². The molecule has 0 bridgehead atoms. The van der Waals surface area contributed by atoms with E-state index in [4.69, 9.17) is 12.0 Å². The molecular formula is C8H5N. The van der Waals surface area contributed by atoms with Crippen LogP contribution in [0.15, 0.2) is 24.3 Å². The Balaban J connectivity index is 3.51. The SMILES string of the molecule is [CH+]=c1ccc(=C=[N-])cc1. The maximum Gasteiger partial charge on any atom is 0.180 e. The van der Waals surface area contributed by atoms with Crippen molar-refractivity contribution in [1.82, 2.24) is 0 Å². The van der Waals surface area contributed by atoms with Crippen LogP contribution in [0.25, 0.3) is 12.0 Å². The highest BCUT2D eigenvalue weighted by Gasteiger charge is 1.80. The second-order valence-corrected chi connectivity index (χ2v) is 1.73. The van der Waals surface area contributed by atoms with Gasteiger partial charge in [-0.05, 0) is 0 Å². The van der Waals surface area contributed by atoms with E-state index in [1.807, 2.05) is 5.87 Å². The summed E-state index contributed by atoms with van der Waals surface area (Å²) in [6, 6.07) is 6.79.